The van der Waals surface area contributed by atoms with Crippen molar-refractivity contribution in [2.45, 2.75) is 12.8 Å². The van der Waals surface area contributed by atoms with E-state index < -0.39 is 7.37 Å². The molecule has 5 heteroatoms. The van der Waals surface area contributed by atoms with E-state index in [-0.39, 0.29) is 12.4 Å². The van der Waals surface area contributed by atoms with Crippen LogP contribution in [0.2, 0.25) is 0 Å². The molecule has 0 aliphatic rings. The maximum atomic E-state index is 12.5. The van der Waals surface area contributed by atoms with Crippen molar-refractivity contribution in [3.63, 3.8) is 0 Å². The summed E-state index contributed by atoms with van der Waals surface area (Å²) in [5, 5.41) is 0.687. The maximum absolute atomic E-state index is 12.5. The van der Waals surface area contributed by atoms with Crippen molar-refractivity contribution in [3.05, 3.63) is 30.3 Å². The smallest absolute Gasteiger partial charge is 0.305 e. The molecule has 0 spiro atoms. The van der Waals surface area contributed by atoms with Gasteiger partial charge in [0.15, 0.2) is 0 Å². The summed E-state index contributed by atoms with van der Waals surface area (Å²) in [7, 11) is -0.0480. The summed E-state index contributed by atoms with van der Waals surface area (Å²) in [5.74, 6) is -0.291. The number of rotatable bonds is 6. The van der Waals surface area contributed by atoms with Gasteiger partial charge in [0.25, 0.3) is 0 Å². The molecule has 1 unspecified atom stereocenters. The molecule has 0 aliphatic heterocycles. The lowest BCUT2D eigenvalue weighted by atomic mass is 10.3. The number of hydrogen-bond donors (Lipinski definition) is 0. The second-order valence-corrected chi connectivity index (χ2v) is 6.27. The third-order valence-corrected chi connectivity index (χ3v) is 5.09. The lowest BCUT2D eigenvalue weighted by Gasteiger charge is -2.15. The van der Waals surface area contributed by atoms with Crippen molar-refractivity contribution in [1.82, 2.24) is 0 Å². The summed E-state index contributed by atoms with van der Waals surface area (Å²) < 4.78 is 22.2. The Balaban J connectivity index is 2.64. The third-order valence-electron chi connectivity index (χ3n) is 2.51. The molecular formula is C12H17O4P. The minimum atomic E-state index is -2.83. The fourth-order valence-corrected chi connectivity index (χ4v) is 3.37. The lowest BCUT2D eigenvalue weighted by Crippen LogP contribution is -2.10. The van der Waals surface area contributed by atoms with Gasteiger partial charge in [-0.05, 0) is 18.6 Å². The SMILES string of the molecule is COC(=O)CCCP(=O)(OC)c1ccccc1. The van der Waals surface area contributed by atoms with Crippen LogP contribution in [0.3, 0.4) is 0 Å². The number of carbonyl (C=O) groups is 1. The quantitative estimate of drug-likeness (QED) is 0.578. The molecule has 94 valence electrons. The van der Waals surface area contributed by atoms with Gasteiger partial charge in [-0.15, -0.1) is 0 Å². The Morgan fingerprint density at radius 1 is 1.24 bits per heavy atom. The molecule has 0 aromatic heterocycles. The highest BCUT2D eigenvalue weighted by molar-refractivity contribution is 7.66. The minimum Gasteiger partial charge on any atom is -0.469 e. The van der Waals surface area contributed by atoms with E-state index in [9.17, 15) is 9.36 Å². The van der Waals surface area contributed by atoms with Crippen molar-refractivity contribution in [3.8, 4) is 0 Å². The van der Waals surface area contributed by atoms with Crippen LogP contribution in [-0.2, 0) is 18.6 Å². The van der Waals surface area contributed by atoms with E-state index in [1.165, 1.54) is 14.2 Å². The third kappa shape index (κ3) is 3.99. The molecule has 0 fully saturated rings. The number of carbonyl (C=O) groups excluding carboxylic acids is 1. The van der Waals surface area contributed by atoms with Crippen LogP contribution < -0.4 is 5.30 Å². The van der Waals surface area contributed by atoms with Gasteiger partial charge in [-0.25, -0.2) is 0 Å². The highest BCUT2D eigenvalue weighted by Gasteiger charge is 2.23. The van der Waals surface area contributed by atoms with Crippen molar-refractivity contribution in [2.75, 3.05) is 20.4 Å². The summed E-state index contributed by atoms with van der Waals surface area (Å²) in [6, 6.07) is 9.06. The second-order valence-electron chi connectivity index (χ2n) is 3.59. The van der Waals surface area contributed by atoms with Gasteiger partial charge in [0, 0.05) is 25.0 Å². The largest absolute Gasteiger partial charge is 0.469 e. The molecule has 0 N–H and O–H groups in total. The van der Waals surface area contributed by atoms with Crippen LogP contribution >= 0.6 is 7.37 Å². The number of benzene rings is 1. The molecule has 1 aromatic rings. The van der Waals surface area contributed by atoms with E-state index >= 15 is 0 Å². The molecule has 0 saturated carbocycles. The van der Waals surface area contributed by atoms with Crippen molar-refractivity contribution in [1.29, 1.82) is 0 Å². The zero-order valence-electron chi connectivity index (χ0n) is 10.1. The summed E-state index contributed by atoms with van der Waals surface area (Å²) in [6.07, 6.45) is 1.10. The van der Waals surface area contributed by atoms with Crippen molar-refractivity contribution >= 4 is 18.6 Å². The fraction of sp³-hybridized carbons (Fsp3) is 0.417. The molecule has 17 heavy (non-hydrogen) atoms. The van der Waals surface area contributed by atoms with Crippen LogP contribution in [-0.4, -0.2) is 26.4 Å². The molecule has 0 aliphatic carbocycles. The van der Waals surface area contributed by atoms with Gasteiger partial charge in [0.2, 0.25) is 7.37 Å². The molecule has 4 nitrogen and oxygen atoms in total. The summed E-state index contributed by atoms with van der Waals surface area (Å²) in [6.45, 7) is 0. The van der Waals surface area contributed by atoms with E-state index in [0.29, 0.717) is 17.9 Å². The molecule has 0 amide bonds. The average Bonchev–Trinajstić information content (AvgIpc) is 2.39. The van der Waals surface area contributed by atoms with E-state index in [1.54, 1.807) is 12.1 Å². The topological polar surface area (TPSA) is 52.6 Å². The van der Waals surface area contributed by atoms with Crippen molar-refractivity contribution in [2.24, 2.45) is 0 Å². The highest BCUT2D eigenvalue weighted by atomic mass is 31.2. The monoisotopic (exact) mass is 256 g/mol. The first-order valence-corrected chi connectivity index (χ1v) is 7.20. The number of esters is 1. The predicted molar refractivity (Wildman–Crippen MR) is 66.8 cm³/mol. The van der Waals surface area contributed by atoms with Crippen LogP contribution in [0.4, 0.5) is 0 Å². The molecule has 1 rings (SSSR count). The first-order chi connectivity index (χ1) is 8.12. The molecule has 0 saturated heterocycles. The highest BCUT2D eigenvalue weighted by Crippen LogP contribution is 2.45. The Labute approximate surface area is 101 Å². The van der Waals surface area contributed by atoms with Crippen LogP contribution in [0.25, 0.3) is 0 Å². The first kappa shape index (κ1) is 13.9. The Bertz CT molecular complexity index is 402. The van der Waals surface area contributed by atoms with Gasteiger partial charge in [-0.2, -0.15) is 0 Å². The predicted octanol–water partition coefficient (Wildman–Crippen LogP) is 2.19. The standard InChI is InChI=1S/C12H17O4P/c1-15-12(13)9-6-10-17(14,16-2)11-7-4-3-5-8-11/h3-5,7-8H,6,9-10H2,1-2H3. The minimum absolute atomic E-state index is 0.261. The normalized spacial score (nSPS) is 14.0. The lowest BCUT2D eigenvalue weighted by molar-refractivity contribution is -0.140. The van der Waals surface area contributed by atoms with Gasteiger partial charge in [0.1, 0.15) is 0 Å². The van der Waals surface area contributed by atoms with E-state index in [1.807, 2.05) is 18.2 Å². The molecule has 0 heterocycles. The average molecular weight is 256 g/mol. The molecule has 1 atom stereocenters. The van der Waals surface area contributed by atoms with Crippen molar-refractivity contribution < 1.29 is 18.6 Å². The van der Waals surface area contributed by atoms with Crippen LogP contribution in [0.1, 0.15) is 12.8 Å². The second kappa shape index (κ2) is 6.58. The Morgan fingerprint density at radius 2 is 1.88 bits per heavy atom. The Morgan fingerprint density at radius 3 is 2.41 bits per heavy atom. The molecular weight excluding hydrogens is 239 g/mol. The van der Waals surface area contributed by atoms with Crippen LogP contribution in [0, 0.1) is 0 Å². The molecule has 1 aromatic carbocycles. The van der Waals surface area contributed by atoms with Gasteiger partial charge >= 0.3 is 5.97 Å². The fourth-order valence-electron chi connectivity index (χ4n) is 1.51. The number of methoxy groups -OCH3 is 1. The van der Waals surface area contributed by atoms with Gasteiger partial charge in [0.05, 0.1) is 7.11 Å². The van der Waals surface area contributed by atoms with Gasteiger partial charge in [-0.3, -0.25) is 9.36 Å². The van der Waals surface area contributed by atoms with Gasteiger partial charge < -0.3 is 9.26 Å². The summed E-state index contributed by atoms with van der Waals surface area (Å²) >= 11 is 0. The van der Waals surface area contributed by atoms with Crippen LogP contribution in [0.15, 0.2) is 30.3 Å². The molecule has 0 bridgehead atoms. The summed E-state index contributed by atoms with van der Waals surface area (Å²) in [4.78, 5) is 11.0. The Kier molecular flexibility index (Phi) is 5.39. The summed E-state index contributed by atoms with van der Waals surface area (Å²) in [5.41, 5.74) is 0. The number of ether oxygens (including phenoxy) is 1. The zero-order valence-corrected chi connectivity index (χ0v) is 11.0. The van der Waals surface area contributed by atoms with Gasteiger partial charge in [-0.1, -0.05) is 18.2 Å². The first-order valence-electron chi connectivity index (χ1n) is 5.39. The maximum Gasteiger partial charge on any atom is 0.305 e. The Hall–Kier alpha value is -1.12. The van der Waals surface area contributed by atoms with E-state index in [0.717, 1.165) is 0 Å². The zero-order chi connectivity index (χ0) is 12.7. The van der Waals surface area contributed by atoms with E-state index in [2.05, 4.69) is 4.74 Å². The number of hydrogen-bond acceptors (Lipinski definition) is 4. The molecule has 0 radical (unpaired) electrons. The van der Waals surface area contributed by atoms with E-state index in [4.69, 9.17) is 4.52 Å². The van der Waals surface area contributed by atoms with Crippen LogP contribution in [0.5, 0.6) is 0 Å².